The van der Waals surface area contributed by atoms with Gasteiger partial charge < -0.3 is 10.5 Å². The van der Waals surface area contributed by atoms with Gasteiger partial charge in [-0.3, -0.25) is 0 Å². The largest absolute Gasteiger partial charge is 0.487 e. The van der Waals surface area contributed by atoms with Gasteiger partial charge in [0.05, 0.1) is 3.79 Å². The molecule has 0 aliphatic rings. The van der Waals surface area contributed by atoms with Crippen molar-refractivity contribution in [3.63, 3.8) is 0 Å². The van der Waals surface area contributed by atoms with Crippen LogP contribution < -0.4 is 10.5 Å². The van der Waals surface area contributed by atoms with Gasteiger partial charge in [-0.25, -0.2) is 0 Å². The third-order valence-electron chi connectivity index (χ3n) is 2.63. The van der Waals surface area contributed by atoms with Crippen molar-refractivity contribution >= 4 is 33.0 Å². The summed E-state index contributed by atoms with van der Waals surface area (Å²) in [6, 6.07) is 8.00. The molecule has 0 radical (unpaired) electrons. The number of benzene rings is 1. The Hall–Kier alpha value is -1.000. The first-order chi connectivity index (χ1) is 8.08. The van der Waals surface area contributed by atoms with Crippen molar-refractivity contribution in [2.24, 2.45) is 0 Å². The maximum absolute atomic E-state index is 5.88. The minimum Gasteiger partial charge on any atom is -0.487 e. The van der Waals surface area contributed by atoms with Crippen molar-refractivity contribution in [2.45, 2.75) is 20.5 Å². The highest BCUT2D eigenvalue weighted by Crippen LogP contribution is 2.29. The van der Waals surface area contributed by atoms with Gasteiger partial charge in [0.15, 0.2) is 0 Å². The van der Waals surface area contributed by atoms with E-state index in [-0.39, 0.29) is 0 Å². The minimum absolute atomic E-state index is 0.585. The van der Waals surface area contributed by atoms with E-state index in [1.165, 1.54) is 4.88 Å². The van der Waals surface area contributed by atoms with Crippen LogP contribution in [-0.4, -0.2) is 0 Å². The molecule has 0 amide bonds. The number of nitrogen functional groups attached to an aromatic ring is 1. The zero-order chi connectivity index (χ0) is 12.4. The summed E-state index contributed by atoms with van der Waals surface area (Å²) in [6.07, 6.45) is 0. The van der Waals surface area contributed by atoms with Crippen LogP contribution in [0.2, 0.25) is 0 Å². The van der Waals surface area contributed by atoms with Crippen molar-refractivity contribution in [1.29, 1.82) is 0 Å². The van der Waals surface area contributed by atoms with E-state index in [4.69, 9.17) is 10.5 Å². The molecule has 0 saturated heterocycles. The van der Waals surface area contributed by atoms with Crippen molar-refractivity contribution in [1.82, 2.24) is 0 Å². The molecule has 2 N–H and O–H groups in total. The van der Waals surface area contributed by atoms with Crippen LogP contribution in [0, 0.1) is 13.8 Å². The number of halogens is 1. The summed E-state index contributed by atoms with van der Waals surface area (Å²) in [5.74, 6) is 0.898. The molecule has 1 aromatic carbocycles. The summed E-state index contributed by atoms with van der Waals surface area (Å²) >= 11 is 5.13. The molecule has 1 aromatic heterocycles. The van der Waals surface area contributed by atoms with Crippen molar-refractivity contribution in [3.05, 3.63) is 44.1 Å². The number of hydrogen-bond acceptors (Lipinski definition) is 3. The van der Waals surface area contributed by atoms with E-state index < -0.39 is 0 Å². The molecule has 2 aromatic rings. The van der Waals surface area contributed by atoms with Gasteiger partial charge in [0.2, 0.25) is 0 Å². The summed E-state index contributed by atoms with van der Waals surface area (Å²) in [6.45, 7) is 4.61. The molecule has 90 valence electrons. The van der Waals surface area contributed by atoms with Crippen LogP contribution in [0.25, 0.3) is 0 Å². The average Bonchev–Trinajstić information content (AvgIpc) is 2.70. The smallest absolute Gasteiger partial charge is 0.127 e. The lowest BCUT2D eigenvalue weighted by Crippen LogP contribution is -2.00. The van der Waals surface area contributed by atoms with Gasteiger partial charge in [0.1, 0.15) is 12.4 Å². The van der Waals surface area contributed by atoms with Crippen LogP contribution >= 0.6 is 27.3 Å². The van der Waals surface area contributed by atoms with E-state index in [2.05, 4.69) is 22.0 Å². The fourth-order valence-electron chi connectivity index (χ4n) is 1.64. The van der Waals surface area contributed by atoms with Crippen LogP contribution in [0.5, 0.6) is 5.75 Å². The van der Waals surface area contributed by atoms with Gasteiger partial charge in [-0.15, -0.1) is 11.3 Å². The Balaban J connectivity index is 2.16. The van der Waals surface area contributed by atoms with Crippen LogP contribution in [0.15, 0.2) is 28.1 Å². The van der Waals surface area contributed by atoms with Crippen LogP contribution in [0.1, 0.15) is 16.0 Å². The van der Waals surface area contributed by atoms with Crippen LogP contribution in [0.3, 0.4) is 0 Å². The molecule has 0 aliphatic heterocycles. The Morgan fingerprint density at radius 3 is 2.65 bits per heavy atom. The molecule has 0 aliphatic carbocycles. The van der Waals surface area contributed by atoms with Gasteiger partial charge in [0.25, 0.3) is 0 Å². The molecule has 0 saturated carbocycles. The Kier molecular flexibility index (Phi) is 3.74. The molecule has 0 atom stereocenters. The Bertz CT molecular complexity index is 536. The van der Waals surface area contributed by atoms with E-state index in [9.17, 15) is 0 Å². The van der Waals surface area contributed by atoms with Gasteiger partial charge >= 0.3 is 0 Å². The molecule has 17 heavy (non-hydrogen) atoms. The average molecular weight is 312 g/mol. The Labute approximate surface area is 114 Å². The van der Waals surface area contributed by atoms with E-state index >= 15 is 0 Å². The number of hydrogen-bond donors (Lipinski definition) is 1. The zero-order valence-electron chi connectivity index (χ0n) is 9.79. The van der Waals surface area contributed by atoms with E-state index in [0.29, 0.717) is 6.61 Å². The summed E-state index contributed by atoms with van der Waals surface area (Å²) < 4.78 is 6.98. The first-order valence-electron chi connectivity index (χ1n) is 5.30. The van der Waals surface area contributed by atoms with E-state index in [1.54, 1.807) is 11.3 Å². The molecular formula is C13H14BrNOS. The third-order valence-corrected chi connectivity index (χ3v) is 4.23. The molecule has 0 bridgehead atoms. The van der Waals surface area contributed by atoms with Crippen molar-refractivity contribution in [2.75, 3.05) is 5.73 Å². The lowest BCUT2D eigenvalue weighted by Gasteiger charge is -2.12. The molecule has 4 heteroatoms. The van der Waals surface area contributed by atoms with Crippen LogP contribution in [0.4, 0.5) is 5.69 Å². The SMILES string of the molecule is Cc1ccc(N)c(C)c1OCc1ccc(Br)s1. The number of nitrogens with two attached hydrogens (primary N) is 1. The zero-order valence-corrected chi connectivity index (χ0v) is 12.2. The number of rotatable bonds is 3. The quantitative estimate of drug-likeness (QED) is 0.858. The molecular weight excluding hydrogens is 298 g/mol. The summed E-state index contributed by atoms with van der Waals surface area (Å²) in [5, 5.41) is 0. The monoisotopic (exact) mass is 311 g/mol. The summed E-state index contributed by atoms with van der Waals surface area (Å²) in [4.78, 5) is 1.19. The third kappa shape index (κ3) is 2.82. The molecule has 2 nitrogen and oxygen atoms in total. The second kappa shape index (κ2) is 5.10. The second-order valence-electron chi connectivity index (χ2n) is 3.92. The first kappa shape index (κ1) is 12.5. The molecule has 0 spiro atoms. The normalized spacial score (nSPS) is 10.5. The number of anilines is 1. The van der Waals surface area contributed by atoms with Gasteiger partial charge in [-0.2, -0.15) is 0 Å². The predicted molar refractivity (Wildman–Crippen MR) is 76.7 cm³/mol. The highest BCUT2D eigenvalue weighted by Gasteiger charge is 2.07. The molecule has 1 heterocycles. The fourth-order valence-corrected chi connectivity index (χ4v) is 3.03. The van der Waals surface area contributed by atoms with Gasteiger partial charge in [-0.05, 0) is 53.5 Å². The topological polar surface area (TPSA) is 35.2 Å². The van der Waals surface area contributed by atoms with E-state index in [0.717, 1.165) is 26.4 Å². The van der Waals surface area contributed by atoms with Crippen molar-refractivity contribution in [3.8, 4) is 5.75 Å². The number of aryl methyl sites for hydroxylation is 1. The lowest BCUT2D eigenvalue weighted by molar-refractivity contribution is 0.305. The maximum Gasteiger partial charge on any atom is 0.127 e. The first-order valence-corrected chi connectivity index (χ1v) is 6.91. The summed E-state index contributed by atoms with van der Waals surface area (Å²) in [7, 11) is 0. The highest BCUT2D eigenvalue weighted by molar-refractivity contribution is 9.11. The molecule has 0 fully saturated rings. The Morgan fingerprint density at radius 1 is 1.24 bits per heavy atom. The Morgan fingerprint density at radius 2 is 2.00 bits per heavy atom. The summed E-state index contributed by atoms with van der Waals surface area (Å²) in [5.41, 5.74) is 8.79. The number of ether oxygens (including phenoxy) is 1. The van der Waals surface area contributed by atoms with Crippen molar-refractivity contribution < 1.29 is 4.74 Å². The van der Waals surface area contributed by atoms with Gasteiger partial charge in [0, 0.05) is 16.1 Å². The standard InChI is InChI=1S/C13H14BrNOS/c1-8-3-5-11(15)9(2)13(8)16-7-10-4-6-12(14)17-10/h3-6H,7,15H2,1-2H3. The predicted octanol–water partition coefficient (Wildman–Crippen LogP) is 4.29. The second-order valence-corrected chi connectivity index (χ2v) is 6.47. The fraction of sp³-hybridized carbons (Fsp3) is 0.231. The van der Waals surface area contributed by atoms with E-state index in [1.807, 2.05) is 32.0 Å². The molecule has 2 rings (SSSR count). The molecule has 0 unspecified atom stereocenters. The maximum atomic E-state index is 5.88. The van der Waals surface area contributed by atoms with Gasteiger partial charge in [-0.1, -0.05) is 6.07 Å². The van der Waals surface area contributed by atoms with Crippen LogP contribution in [-0.2, 0) is 6.61 Å². The minimum atomic E-state index is 0.585. The lowest BCUT2D eigenvalue weighted by atomic mass is 10.1. The highest BCUT2D eigenvalue weighted by atomic mass is 79.9. The number of thiophene rings is 1.